The van der Waals surface area contributed by atoms with Gasteiger partial charge in [-0.15, -0.1) is 0 Å². The molecule has 2 aromatic rings. The van der Waals surface area contributed by atoms with E-state index in [1.165, 1.54) is 42.6 Å². The molecule has 0 spiro atoms. The highest BCUT2D eigenvalue weighted by Gasteiger charge is 2.16. The quantitative estimate of drug-likeness (QED) is 0.861. The smallest absolute Gasteiger partial charge is 0.00169 e. The van der Waals surface area contributed by atoms with E-state index in [4.69, 9.17) is 0 Å². The zero-order valence-electron chi connectivity index (χ0n) is 10.6. The highest BCUT2D eigenvalue weighted by molar-refractivity contribution is 5.67. The van der Waals surface area contributed by atoms with Crippen LogP contribution in [0.5, 0.6) is 0 Å². The van der Waals surface area contributed by atoms with Gasteiger partial charge < -0.3 is 5.32 Å². The molecular weight excluding hydrogens is 218 g/mol. The minimum atomic E-state index is 0.801. The van der Waals surface area contributed by atoms with Crippen LogP contribution >= 0.6 is 0 Å². The first-order chi connectivity index (χ1) is 8.93. The molecule has 1 aliphatic rings. The Morgan fingerprint density at radius 1 is 0.944 bits per heavy atom. The molecule has 1 fully saturated rings. The number of benzene rings is 2. The predicted molar refractivity (Wildman–Crippen MR) is 76.6 cm³/mol. The van der Waals surface area contributed by atoms with E-state index in [0.717, 1.165) is 5.92 Å². The molecule has 1 N–H and O–H groups in total. The maximum Gasteiger partial charge on any atom is -0.00169 e. The normalized spacial score (nSPS) is 19.0. The van der Waals surface area contributed by atoms with E-state index in [0.29, 0.717) is 0 Å². The second kappa shape index (κ2) is 5.36. The van der Waals surface area contributed by atoms with Crippen molar-refractivity contribution >= 4 is 0 Å². The third kappa shape index (κ3) is 2.46. The van der Waals surface area contributed by atoms with Gasteiger partial charge in [0.2, 0.25) is 0 Å². The van der Waals surface area contributed by atoms with Crippen molar-refractivity contribution in [3.8, 4) is 11.1 Å². The van der Waals surface area contributed by atoms with Crippen LogP contribution in [0.2, 0.25) is 0 Å². The minimum absolute atomic E-state index is 0.801. The molecule has 0 radical (unpaired) electrons. The molecule has 2 aromatic carbocycles. The van der Waals surface area contributed by atoms with Crippen LogP contribution in [-0.4, -0.2) is 13.1 Å². The Kier molecular flexibility index (Phi) is 3.42. The summed E-state index contributed by atoms with van der Waals surface area (Å²) in [5.41, 5.74) is 4.21. The molecule has 18 heavy (non-hydrogen) atoms. The van der Waals surface area contributed by atoms with Crippen LogP contribution in [-0.2, 0) is 6.42 Å². The van der Waals surface area contributed by atoms with Crippen molar-refractivity contribution in [2.75, 3.05) is 13.1 Å². The molecule has 0 amide bonds. The second-order valence-electron chi connectivity index (χ2n) is 5.09. The van der Waals surface area contributed by atoms with Crippen LogP contribution < -0.4 is 5.32 Å². The molecule has 1 unspecified atom stereocenters. The minimum Gasteiger partial charge on any atom is -0.316 e. The standard InChI is InChI=1S/C17H19N/c1-2-6-15(7-3-1)17-9-5-4-8-16(17)12-14-10-11-18-13-14/h1-9,14,18H,10-13H2. The van der Waals surface area contributed by atoms with Gasteiger partial charge in [-0.25, -0.2) is 0 Å². The van der Waals surface area contributed by atoms with E-state index in [9.17, 15) is 0 Å². The molecule has 0 aromatic heterocycles. The third-order valence-electron chi connectivity index (χ3n) is 3.77. The van der Waals surface area contributed by atoms with Gasteiger partial charge >= 0.3 is 0 Å². The van der Waals surface area contributed by atoms with Crippen molar-refractivity contribution in [3.05, 3.63) is 60.2 Å². The van der Waals surface area contributed by atoms with Crippen LogP contribution in [0.15, 0.2) is 54.6 Å². The van der Waals surface area contributed by atoms with Gasteiger partial charge in [0.15, 0.2) is 0 Å². The lowest BCUT2D eigenvalue weighted by atomic mass is 9.92. The van der Waals surface area contributed by atoms with Gasteiger partial charge in [0.25, 0.3) is 0 Å². The van der Waals surface area contributed by atoms with Crippen molar-refractivity contribution < 1.29 is 0 Å². The number of hydrogen-bond acceptors (Lipinski definition) is 1. The summed E-state index contributed by atoms with van der Waals surface area (Å²) in [7, 11) is 0. The van der Waals surface area contributed by atoms with Crippen LogP contribution in [0.4, 0.5) is 0 Å². The Labute approximate surface area is 109 Å². The van der Waals surface area contributed by atoms with Crippen LogP contribution in [0.1, 0.15) is 12.0 Å². The largest absolute Gasteiger partial charge is 0.316 e. The van der Waals surface area contributed by atoms with Crippen LogP contribution in [0.25, 0.3) is 11.1 Å². The second-order valence-corrected chi connectivity index (χ2v) is 5.09. The Bertz CT molecular complexity index is 498. The Morgan fingerprint density at radius 2 is 1.72 bits per heavy atom. The van der Waals surface area contributed by atoms with Gasteiger partial charge in [-0.3, -0.25) is 0 Å². The fourth-order valence-electron chi connectivity index (χ4n) is 2.80. The van der Waals surface area contributed by atoms with Crippen molar-refractivity contribution in [1.82, 2.24) is 5.32 Å². The number of hydrogen-bond donors (Lipinski definition) is 1. The van der Waals surface area contributed by atoms with E-state index >= 15 is 0 Å². The SMILES string of the molecule is c1ccc(-c2ccccc2CC2CCNC2)cc1. The monoisotopic (exact) mass is 237 g/mol. The summed E-state index contributed by atoms with van der Waals surface area (Å²) in [6.07, 6.45) is 2.50. The molecule has 0 bridgehead atoms. The maximum atomic E-state index is 3.45. The molecule has 1 aliphatic heterocycles. The van der Waals surface area contributed by atoms with E-state index in [1.807, 2.05) is 0 Å². The van der Waals surface area contributed by atoms with Crippen molar-refractivity contribution in [3.63, 3.8) is 0 Å². The maximum absolute atomic E-state index is 3.45. The molecule has 92 valence electrons. The first kappa shape index (κ1) is 11.5. The average molecular weight is 237 g/mol. The van der Waals surface area contributed by atoms with E-state index in [1.54, 1.807) is 0 Å². The van der Waals surface area contributed by atoms with Crippen molar-refractivity contribution in [2.24, 2.45) is 5.92 Å². The van der Waals surface area contributed by atoms with Gasteiger partial charge in [-0.05, 0) is 48.5 Å². The summed E-state index contributed by atoms with van der Waals surface area (Å²) in [4.78, 5) is 0. The highest BCUT2D eigenvalue weighted by Crippen LogP contribution is 2.26. The molecule has 1 heteroatoms. The molecule has 1 saturated heterocycles. The summed E-state index contributed by atoms with van der Waals surface area (Å²) in [6, 6.07) is 19.5. The molecular formula is C17H19N. The molecule has 0 saturated carbocycles. The summed E-state index contributed by atoms with van der Waals surface area (Å²) in [5.74, 6) is 0.801. The van der Waals surface area contributed by atoms with Gasteiger partial charge in [-0.2, -0.15) is 0 Å². The lowest BCUT2D eigenvalue weighted by Crippen LogP contribution is -2.11. The molecule has 1 nitrogen and oxygen atoms in total. The average Bonchev–Trinajstić information content (AvgIpc) is 2.93. The van der Waals surface area contributed by atoms with E-state index in [-0.39, 0.29) is 0 Å². The molecule has 1 atom stereocenters. The Hall–Kier alpha value is -1.60. The topological polar surface area (TPSA) is 12.0 Å². The van der Waals surface area contributed by atoms with Gasteiger partial charge in [0.1, 0.15) is 0 Å². The zero-order chi connectivity index (χ0) is 12.2. The number of nitrogens with one attached hydrogen (secondary N) is 1. The third-order valence-corrected chi connectivity index (χ3v) is 3.77. The summed E-state index contributed by atoms with van der Waals surface area (Å²) < 4.78 is 0. The highest BCUT2D eigenvalue weighted by atomic mass is 14.9. The van der Waals surface area contributed by atoms with E-state index < -0.39 is 0 Å². The van der Waals surface area contributed by atoms with Crippen LogP contribution in [0, 0.1) is 5.92 Å². The van der Waals surface area contributed by atoms with Gasteiger partial charge in [0.05, 0.1) is 0 Å². The lowest BCUT2D eigenvalue weighted by molar-refractivity contribution is 0.581. The number of rotatable bonds is 3. The summed E-state index contributed by atoms with van der Waals surface area (Å²) in [6.45, 7) is 2.35. The summed E-state index contributed by atoms with van der Waals surface area (Å²) >= 11 is 0. The lowest BCUT2D eigenvalue weighted by Gasteiger charge is -2.13. The molecule has 3 rings (SSSR count). The fraction of sp³-hybridized carbons (Fsp3) is 0.294. The Balaban J connectivity index is 1.90. The Morgan fingerprint density at radius 3 is 2.50 bits per heavy atom. The van der Waals surface area contributed by atoms with Crippen molar-refractivity contribution in [2.45, 2.75) is 12.8 Å². The molecule has 1 heterocycles. The van der Waals surface area contributed by atoms with Gasteiger partial charge in [0, 0.05) is 0 Å². The van der Waals surface area contributed by atoms with Crippen molar-refractivity contribution in [1.29, 1.82) is 0 Å². The fourth-order valence-corrected chi connectivity index (χ4v) is 2.80. The molecule has 0 aliphatic carbocycles. The van der Waals surface area contributed by atoms with Crippen LogP contribution in [0.3, 0.4) is 0 Å². The first-order valence-electron chi connectivity index (χ1n) is 6.77. The zero-order valence-corrected chi connectivity index (χ0v) is 10.6. The first-order valence-corrected chi connectivity index (χ1v) is 6.77. The van der Waals surface area contributed by atoms with Gasteiger partial charge in [-0.1, -0.05) is 54.6 Å². The predicted octanol–water partition coefficient (Wildman–Crippen LogP) is 3.51. The summed E-state index contributed by atoms with van der Waals surface area (Å²) in [5, 5.41) is 3.45. The van der Waals surface area contributed by atoms with E-state index in [2.05, 4.69) is 59.9 Å².